The molecule has 0 saturated heterocycles. The average molecular weight is 285 g/mol. The highest BCUT2D eigenvalue weighted by Gasteiger charge is 2.08. The molecule has 1 unspecified atom stereocenters. The number of hydrogen-bond donors (Lipinski definition) is 0. The highest BCUT2D eigenvalue weighted by molar-refractivity contribution is 9.09. The summed E-state index contributed by atoms with van der Waals surface area (Å²) in [5.74, 6) is 0. The normalized spacial score (nSPS) is 13.4. The molecular formula is C9H11BrF2OS. The van der Waals surface area contributed by atoms with Crippen LogP contribution >= 0.6 is 27.3 Å². The van der Waals surface area contributed by atoms with E-state index in [0.717, 1.165) is 0 Å². The van der Waals surface area contributed by atoms with Crippen LogP contribution in [0.5, 0.6) is 0 Å². The molecule has 0 aliphatic heterocycles. The van der Waals surface area contributed by atoms with Gasteiger partial charge in [0, 0.05) is 11.5 Å². The van der Waals surface area contributed by atoms with Gasteiger partial charge in [0.2, 0.25) is 0 Å². The third kappa shape index (κ3) is 4.48. The number of hydrogen-bond acceptors (Lipinski definition) is 2. The summed E-state index contributed by atoms with van der Waals surface area (Å²) in [7, 11) is 0. The van der Waals surface area contributed by atoms with Crippen molar-refractivity contribution in [3.63, 3.8) is 0 Å². The van der Waals surface area contributed by atoms with Crippen molar-refractivity contribution >= 4 is 27.3 Å². The van der Waals surface area contributed by atoms with E-state index < -0.39 is 13.0 Å². The third-order valence-corrected chi connectivity index (χ3v) is 3.85. The van der Waals surface area contributed by atoms with Gasteiger partial charge in [0.05, 0.1) is 4.83 Å². The first-order valence-electron chi connectivity index (χ1n) is 4.23. The Hall–Kier alpha value is -0.0000000000000000833. The van der Waals surface area contributed by atoms with E-state index in [1.54, 1.807) is 11.3 Å². The lowest BCUT2D eigenvalue weighted by atomic mass is 10.3. The molecule has 0 radical (unpaired) electrons. The van der Waals surface area contributed by atoms with Crippen LogP contribution in [0.3, 0.4) is 0 Å². The van der Waals surface area contributed by atoms with Gasteiger partial charge in [-0.15, -0.1) is 11.3 Å². The largest absolute Gasteiger partial charge is 0.375 e. The van der Waals surface area contributed by atoms with Crippen molar-refractivity contribution in [3.05, 3.63) is 22.4 Å². The second-order valence-corrected chi connectivity index (χ2v) is 4.82. The minimum Gasteiger partial charge on any atom is -0.375 e. The highest BCUT2D eigenvalue weighted by atomic mass is 79.9. The summed E-state index contributed by atoms with van der Waals surface area (Å²) in [6.45, 7) is -0.109. The molecule has 14 heavy (non-hydrogen) atoms. The SMILES string of the molecule is FC(F)COCCC(Br)c1cccs1. The summed E-state index contributed by atoms with van der Waals surface area (Å²) in [6.07, 6.45) is -1.65. The van der Waals surface area contributed by atoms with Crippen molar-refractivity contribution in [2.45, 2.75) is 17.7 Å². The lowest BCUT2D eigenvalue weighted by Crippen LogP contribution is -2.06. The molecule has 0 N–H and O–H groups in total. The lowest BCUT2D eigenvalue weighted by molar-refractivity contribution is 0.0168. The third-order valence-electron chi connectivity index (χ3n) is 1.61. The Balaban J connectivity index is 2.13. The van der Waals surface area contributed by atoms with Gasteiger partial charge in [-0.1, -0.05) is 22.0 Å². The van der Waals surface area contributed by atoms with Crippen LogP contribution in [-0.4, -0.2) is 19.6 Å². The fourth-order valence-corrected chi connectivity index (χ4v) is 2.37. The molecule has 0 aromatic carbocycles. The molecular weight excluding hydrogens is 274 g/mol. The topological polar surface area (TPSA) is 9.23 Å². The zero-order valence-corrected chi connectivity index (χ0v) is 9.86. The first-order chi connectivity index (χ1) is 6.70. The molecule has 1 nitrogen and oxygen atoms in total. The second-order valence-electron chi connectivity index (χ2n) is 2.74. The molecule has 0 saturated carbocycles. The van der Waals surface area contributed by atoms with Gasteiger partial charge in [-0.2, -0.15) is 0 Å². The average Bonchev–Trinajstić information content (AvgIpc) is 2.64. The lowest BCUT2D eigenvalue weighted by Gasteiger charge is -2.07. The van der Waals surface area contributed by atoms with E-state index >= 15 is 0 Å². The van der Waals surface area contributed by atoms with Crippen LogP contribution in [0, 0.1) is 0 Å². The van der Waals surface area contributed by atoms with Crippen molar-refractivity contribution in [2.24, 2.45) is 0 Å². The molecule has 5 heteroatoms. The van der Waals surface area contributed by atoms with E-state index in [1.807, 2.05) is 17.5 Å². The Morgan fingerprint density at radius 1 is 1.50 bits per heavy atom. The van der Waals surface area contributed by atoms with Gasteiger partial charge in [0.15, 0.2) is 0 Å². The van der Waals surface area contributed by atoms with Crippen LogP contribution in [0.4, 0.5) is 8.78 Å². The van der Waals surface area contributed by atoms with E-state index in [4.69, 9.17) is 4.74 Å². The Kier molecular flexibility index (Phi) is 5.59. The molecule has 0 aliphatic carbocycles. The van der Waals surface area contributed by atoms with E-state index in [-0.39, 0.29) is 4.83 Å². The number of ether oxygens (including phenoxy) is 1. The van der Waals surface area contributed by atoms with E-state index in [9.17, 15) is 8.78 Å². The van der Waals surface area contributed by atoms with Crippen LogP contribution in [0.15, 0.2) is 17.5 Å². The van der Waals surface area contributed by atoms with Gasteiger partial charge in [0.25, 0.3) is 6.43 Å². The van der Waals surface area contributed by atoms with E-state index in [1.165, 1.54) is 4.88 Å². The smallest absolute Gasteiger partial charge is 0.261 e. The van der Waals surface area contributed by atoms with Crippen LogP contribution in [0.1, 0.15) is 16.1 Å². The van der Waals surface area contributed by atoms with Gasteiger partial charge >= 0.3 is 0 Å². The summed E-state index contributed by atoms with van der Waals surface area (Å²) in [6, 6.07) is 3.98. The first-order valence-corrected chi connectivity index (χ1v) is 6.03. The van der Waals surface area contributed by atoms with Crippen LogP contribution in [0.2, 0.25) is 0 Å². The van der Waals surface area contributed by atoms with Gasteiger partial charge < -0.3 is 4.74 Å². The zero-order valence-electron chi connectivity index (χ0n) is 7.46. The van der Waals surface area contributed by atoms with Gasteiger partial charge in [-0.25, -0.2) is 8.78 Å². The van der Waals surface area contributed by atoms with Gasteiger partial charge in [0.1, 0.15) is 6.61 Å². The van der Waals surface area contributed by atoms with Crippen LogP contribution in [0.25, 0.3) is 0 Å². The van der Waals surface area contributed by atoms with Crippen molar-refractivity contribution < 1.29 is 13.5 Å². The Morgan fingerprint density at radius 2 is 2.29 bits per heavy atom. The standard InChI is InChI=1S/C9H11BrF2OS/c10-7(8-2-1-5-14-8)3-4-13-6-9(11)12/h1-2,5,7,9H,3-4,6H2. The Labute approximate surface area is 94.2 Å². The Bertz CT molecular complexity index is 241. The predicted molar refractivity (Wildman–Crippen MR) is 57.4 cm³/mol. The molecule has 0 spiro atoms. The predicted octanol–water partition coefficient (Wildman–Crippen LogP) is 3.86. The molecule has 1 rings (SSSR count). The molecule has 0 fully saturated rings. The summed E-state index contributed by atoms with van der Waals surface area (Å²) >= 11 is 5.12. The van der Waals surface area contributed by atoms with Gasteiger partial charge in [-0.3, -0.25) is 0 Å². The minimum atomic E-state index is -2.37. The summed E-state index contributed by atoms with van der Waals surface area (Å²) in [5.41, 5.74) is 0. The molecule has 0 amide bonds. The fraction of sp³-hybridized carbons (Fsp3) is 0.556. The molecule has 80 valence electrons. The molecule has 0 aliphatic rings. The number of alkyl halides is 3. The number of halogens is 3. The van der Waals surface area contributed by atoms with Gasteiger partial charge in [-0.05, 0) is 17.9 Å². The number of rotatable bonds is 6. The monoisotopic (exact) mass is 284 g/mol. The van der Waals surface area contributed by atoms with E-state index in [2.05, 4.69) is 15.9 Å². The maximum Gasteiger partial charge on any atom is 0.261 e. The summed E-state index contributed by atoms with van der Waals surface area (Å²) in [5, 5.41) is 1.99. The summed E-state index contributed by atoms with van der Waals surface area (Å²) < 4.78 is 28.2. The zero-order chi connectivity index (χ0) is 10.4. The molecule has 1 atom stereocenters. The van der Waals surface area contributed by atoms with Crippen LogP contribution < -0.4 is 0 Å². The fourth-order valence-electron chi connectivity index (χ4n) is 0.971. The second kappa shape index (κ2) is 6.48. The quantitative estimate of drug-likeness (QED) is 0.569. The molecule has 0 bridgehead atoms. The van der Waals surface area contributed by atoms with E-state index in [0.29, 0.717) is 13.0 Å². The molecule has 1 aromatic heterocycles. The summed E-state index contributed by atoms with van der Waals surface area (Å²) in [4.78, 5) is 1.41. The first kappa shape index (κ1) is 12.1. The van der Waals surface area contributed by atoms with Crippen molar-refractivity contribution in [2.75, 3.05) is 13.2 Å². The number of thiophene rings is 1. The van der Waals surface area contributed by atoms with Crippen LogP contribution in [-0.2, 0) is 4.74 Å². The Morgan fingerprint density at radius 3 is 2.86 bits per heavy atom. The molecule has 1 heterocycles. The maximum atomic E-state index is 11.7. The van der Waals surface area contributed by atoms with Crippen molar-refractivity contribution in [1.82, 2.24) is 0 Å². The van der Waals surface area contributed by atoms with Crippen molar-refractivity contribution in [3.8, 4) is 0 Å². The minimum absolute atomic E-state index is 0.208. The highest BCUT2D eigenvalue weighted by Crippen LogP contribution is 2.29. The molecule has 1 aromatic rings. The maximum absolute atomic E-state index is 11.7. The van der Waals surface area contributed by atoms with Crippen molar-refractivity contribution in [1.29, 1.82) is 0 Å².